The predicted octanol–water partition coefficient (Wildman–Crippen LogP) is 1.63. The first-order valence-electron chi connectivity index (χ1n) is 15.0. The second-order valence-corrected chi connectivity index (χ2v) is 11.1. The fraction of sp³-hybridized carbons (Fsp3) is 0.400. The Labute approximate surface area is 263 Å². The van der Waals surface area contributed by atoms with Gasteiger partial charge >= 0.3 is 0 Å². The second-order valence-electron chi connectivity index (χ2n) is 11.1. The van der Waals surface area contributed by atoms with Crippen LogP contribution in [0, 0.1) is 0 Å². The summed E-state index contributed by atoms with van der Waals surface area (Å²) in [6.07, 6.45) is -0.157. The molecule has 1 saturated heterocycles. The van der Waals surface area contributed by atoms with E-state index < -0.39 is 24.5 Å². The molecule has 0 aliphatic carbocycles. The maximum absolute atomic E-state index is 11.5. The summed E-state index contributed by atoms with van der Waals surface area (Å²) < 4.78 is 13.1. The summed E-state index contributed by atoms with van der Waals surface area (Å²) >= 11 is 0. The Hall–Kier alpha value is -5.06. The summed E-state index contributed by atoms with van der Waals surface area (Å²) in [7, 11) is 0. The van der Waals surface area contributed by atoms with E-state index in [9.17, 15) is 15.0 Å². The molecular formula is C30H35N11O5. The first-order chi connectivity index (χ1) is 22.4. The number of aromatic nitrogens is 9. The van der Waals surface area contributed by atoms with E-state index in [2.05, 4.69) is 36.0 Å². The van der Waals surface area contributed by atoms with E-state index >= 15 is 0 Å². The lowest BCUT2D eigenvalue weighted by molar-refractivity contribution is -0.142. The number of hydrogen-bond acceptors (Lipinski definition) is 14. The molecule has 0 unspecified atom stereocenters. The third kappa shape index (κ3) is 6.63. The highest BCUT2D eigenvalue weighted by atomic mass is 16.6. The van der Waals surface area contributed by atoms with Gasteiger partial charge in [-0.25, -0.2) is 4.98 Å². The minimum atomic E-state index is -1.31. The number of carbonyl (C=O) groups excluding carboxylic acids is 1. The average Bonchev–Trinajstić information content (AvgIpc) is 3.80. The van der Waals surface area contributed by atoms with Crippen LogP contribution in [0.3, 0.4) is 0 Å². The van der Waals surface area contributed by atoms with Crippen molar-refractivity contribution in [2.24, 2.45) is 0 Å². The average molecular weight is 630 g/mol. The number of ether oxygens (including phenoxy) is 2. The van der Waals surface area contributed by atoms with Gasteiger partial charge in [0, 0.05) is 24.9 Å². The van der Waals surface area contributed by atoms with Crippen LogP contribution in [0.25, 0.3) is 11.2 Å². The van der Waals surface area contributed by atoms with Gasteiger partial charge in [-0.1, -0.05) is 36.4 Å². The number of anilines is 2. The number of hydrogen-bond donors (Lipinski definition) is 4. The van der Waals surface area contributed by atoms with Gasteiger partial charge in [-0.15, -0.1) is 10.2 Å². The zero-order chi connectivity index (χ0) is 32.0. The number of benzene rings is 1. The van der Waals surface area contributed by atoms with Gasteiger partial charge in [0.1, 0.15) is 6.10 Å². The molecule has 4 aromatic heterocycles. The number of nitrogens with one attached hydrogen (secondary N) is 2. The van der Waals surface area contributed by atoms with Gasteiger partial charge in [-0.05, 0) is 43.2 Å². The minimum Gasteiger partial charge on any atom is -0.457 e. The monoisotopic (exact) mass is 629 g/mol. The molecule has 0 amide bonds. The van der Waals surface area contributed by atoms with Crippen LogP contribution in [0.15, 0.2) is 61.1 Å². The molecule has 4 N–H and O–H groups in total. The van der Waals surface area contributed by atoms with Crippen molar-refractivity contribution < 1.29 is 24.5 Å². The van der Waals surface area contributed by atoms with Crippen LogP contribution in [-0.2, 0) is 27.1 Å². The van der Waals surface area contributed by atoms with E-state index in [-0.39, 0.29) is 36.9 Å². The van der Waals surface area contributed by atoms with E-state index in [1.807, 2.05) is 62.4 Å². The summed E-state index contributed by atoms with van der Waals surface area (Å²) in [5, 5.41) is 40.5. The molecule has 16 heteroatoms. The molecular weight excluding hydrogens is 594 g/mol. The predicted molar refractivity (Wildman–Crippen MR) is 164 cm³/mol. The van der Waals surface area contributed by atoms with Crippen molar-refractivity contribution >= 4 is 29.4 Å². The molecule has 5 heterocycles. The Bertz CT molecular complexity index is 1730. The van der Waals surface area contributed by atoms with Crippen LogP contribution in [0.1, 0.15) is 49.3 Å². The fourth-order valence-corrected chi connectivity index (χ4v) is 5.25. The van der Waals surface area contributed by atoms with Crippen molar-refractivity contribution in [1.29, 1.82) is 0 Å². The molecule has 1 fully saturated rings. The number of aliphatic hydroxyl groups is 2. The molecule has 1 aliphatic rings. The van der Waals surface area contributed by atoms with Crippen LogP contribution >= 0.6 is 0 Å². The highest BCUT2D eigenvalue weighted by molar-refractivity contribution is 5.84. The number of pyridine rings is 1. The van der Waals surface area contributed by atoms with Gasteiger partial charge < -0.3 is 30.3 Å². The molecule has 5 atom stereocenters. The summed E-state index contributed by atoms with van der Waals surface area (Å²) in [6, 6.07) is 15.1. The van der Waals surface area contributed by atoms with Crippen LogP contribution in [0.4, 0.5) is 11.8 Å². The quantitative estimate of drug-likeness (QED) is 0.129. The van der Waals surface area contributed by atoms with Crippen LogP contribution in [-0.4, -0.2) is 92.8 Å². The summed E-state index contributed by atoms with van der Waals surface area (Å²) in [5.74, 6) is 0.810. The normalized spacial score (nSPS) is 20.2. The van der Waals surface area contributed by atoms with Crippen LogP contribution < -0.4 is 10.6 Å². The molecule has 0 saturated carbocycles. The Kier molecular flexibility index (Phi) is 9.37. The molecule has 0 radical (unpaired) electrons. The SMILES string of the molecule is CC(C)n1nnc([C@H]2O[C@@H](n3cnc4c(N[C@H](CO)Cc5ccccc5)nc(NCCc5ccccn5)nc43)[C@H](OC=O)[C@@H]2O)n1. The summed E-state index contributed by atoms with van der Waals surface area (Å²) in [4.78, 5) is 31.3. The molecule has 6 rings (SSSR count). The standard InChI is InChI=1S/C30H35N11O5/c1-18(2)41-38-27(37-39-41)24-23(44)25(45-17-43)29(46-24)40-16-33-22-26(34-21(15-42)14-19-8-4-3-5-9-19)35-30(36-28(22)40)32-13-11-20-10-6-7-12-31-20/h3-10,12,16-18,21,23-25,29,42,44H,11,13-15H2,1-2H3,(H2,32,34,35,36)/t21-,23+,24-,25+,29+/m0/s1. The number of imidazole rings is 1. The van der Waals surface area contributed by atoms with Gasteiger partial charge in [0.2, 0.25) is 11.8 Å². The van der Waals surface area contributed by atoms with Crippen molar-refractivity contribution in [3.63, 3.8) is 0 Å². The zero-order valence-electron chi connectivity index (χ0n) is 25.3. The summed E-state index contributed by atoms with van der Waals surface area (Å²) in [5.41, 5.74) is 2.66. The number of aliphatic hydroxyl groups excluding tert-OH is 2. The lowest BCUT2D eigenvalue weighted by Crippen LogP contribution is -2.32. The third-order valence-electron chi connectivity index (χ3n) is 7.56. The van der Waals surface area contributed by atoms with E-state index in [4.69, 9.17) is 19.4 Å². The lowest BCUT2D eigenvalue weighted by Gasteiger charge is -2.20. The highest BCUT2D eigenvalue weighted by Crippen LogP contribution is 2.40. The number of carbonyl (C=O) groups is 1. The molecule has 46 heavy (non-hydrogen) atoms. The van der Waals surface area contributed by atoms with Gasteiger partial charge in [0.15, 0.2) is 35.4 Å². The van der Waals surface area contributed by atoms with E-state index in [0.29, 0.717) is 36.4 Å². The van der Waals surface area contributed by atoms with Crippen molar-refractivity contribution in [3.8, 4) is 0 Å². The van der Waals surface area contributed by atoms with Gasteiger partial charge in [-0.2, -0.15) is 14.8 Å². The maximum atomic E-state index is 11.5. The third-order valence-corrected chi connectivity index (χ3v) is 7.56. The number of fused-ring (bicyclic) bond motifs is 1. The van der Waals surface area contributed by atoms with Gasteiger partial charge in [-0.3, -0.25) is 14.3 Å². The van der Waals surface area contributed by atoms with E-state index in [1.165, 1.54) is 11.1 Å². The fourth-order valence-electron chi connectivity index (χ4n) is 5.25. The number of tetrazole rings is 1. The molecule has 16 nitrogen and oxygen atoms in total. The first-order valence-corrected chi connectivity index (χ1v) is 15.0. The molecule has 1 aliphatic heterocycles. The van der Waals surface area contributed by atoms with Gasteiger partial charge in [0.25, 0.3) is 6.47 Å². The molecule has 0 spiro atoms. The maximum Gasteiger partial charge on any atom is 0.293 e. The largest absolute Gasteiger partial charge is 0.457 e. The van der Waals surface area contributed by atoms with E-state index in [0.717, 1.165) is 11.3 Å². The van der Waals surface area contributed by atoms with E-state index in [1.54, 1.807) is 10.8 Å². The van der Waals surface area contributed by atoms with Gasteiger partial charge in [0.05, 0.1) is 25.0 Å². The second kappa shape index (κ2) is 13.9. The molecule has 0 bridgehead atoms. The van der Waals surface area contributed by atoms with Crippen LogP contribution in [0.5, 0.6) is 0 Å². The zero-order valence-corrected chi connectivity index (χ0v) is 25.3. The smallest absolute Gasteiger partial charge is 0.293 e. The Morgan fingerprint density at radius 2 is 1.93 bits per heavy atom. The summed E-state index contributed by atoms with van der Waals surface area (Å²) in [6.45, 7) is 4.36. The van der Waals surface area contributed by atoms with Crippen molar-refractivity contribution in [2.75, 3.05) is 23.8 Å². The Morgan fingerprint density at radius 1 is 1.11 bits per heavy atom. The van der Waals surface area contributed by atoms with Crippen molar-refractivity contribution in [3.05, 3.63) is 78.1 Å². The molecule has 5 aromatic rings. The number of rotatable bonds is 14. The Morgan fingerprint density at radius 3 is 2.65 bits per heavy atom. The molecule has 1 aromatic carbocycles. The topological polar surface area (TPSA) is 200 Å². The first kappa shape index (κ1) is 30.9. The molecule has 240 valence electrons. The highest BCUT2D eigenvalue weighted by Gasteiger charge is 2.49. The lowest BCUT2D eigenvalue weighted by atomic mass is 10.1. The minimum absolute atomic E-state index is 0.0638. The Balaban J connectivity index is 1.34. The number of nitrogens with zero attached hydrogens (tertiary/aromatic N) is 9. The van der Waals surface area contributed by atoms with Crippen LogP contribution in [0.2, 0.25) is 0 Å². The van der Waals surface area contributed by atoms with Crippen molar-refractivity contribution in [2.45, 2.75) is 63.3 Å². The van der Waals surface area contributed by atoms with Crippen molar-refractivity contribution in [1.82, 2.24) is 44.7 Å².